The first-order valence-electron chi connectivity index (χ1n) is 8.15. The van der Waals surface area contributed by atoms with Gasteiger partial charge in [-0.25, -0.2) is 4.99 Å². The molecule has 20 heavy (non-hydrogen) atoms. The minimum atomic E-state index is 0.144. The van der Waals surface area contributed by atoms with Crippen molar-refractivity contribution in [1.29, 1.82) is 0 Å². The highest BCUT2D eigenvalue weighted by Gasteiger charge is 2.11. The minimum Gasteiger partial charge on any atom is -0.282 e. The van der Waals surface area contributed by atoms with Gasteiger partial charge in [-0.05, 0) is 6.42 Å². The van der Waals surface area contributed by atoms with Gasteiger partial charge in [0.25, 0.3) is 0 Å². The highest BCUT2D eigenvalue weighted by molar-refractivity contribution is 5.90. The van der Waals surface area contributed by atoms with E-state index in [1.54, 1.807) is 11.2 Å². The van der Waals surface area contributed by atoms with Crippen LogP contribution >= 0.6 is 0 Å². The van der Waals surface area contributed by atoms with Gasteiger partial charge in [0.1, 0.15) is 19.3 Å². The van der Waals surface area contributed by atoms with Crippen molar-refractivity contribution >= 4 is 18.6 Å². The monoisotopic (exact) mass is 279 g/mol. The van der Waals surface area contributed by atoms with Gasteiger partial charge >= 0.3 is 0 Å². The Bertz CT molecular complexity index is 313. The molecular weight excluding hydrogens is 250 g/mol. The van der Waals surface area contributed by atoms with Crippen molar-refractivity contribution in [2.24, 2.45) is 9.98 Å². The van der Waals surface area contributed by atoms with Gasteiger partial charge in [-0.2, -0.15) is 0 Å². The molecule has 0 saturated heterocycles. The number of rotatable bonds is 11. The first-order chi connectivity index (χ1) is 9.84. The van der Waals surface area contributed by atoms with Crippen LogP contribution in [0.2, 0.25) is 0 Å². The zero-order valence-electron chi connectivity index (χ0n) is 12.9. The smallest absolute Gasteiger partial charge is 0.229 e. The molecule has 0 fully saturated rings. The van der Waals surface area contributed by atoms with Crippen molar-refractivity contribution in [3.8, 4) is 0 Å². The van der Waals surface area contributed by atoms with Crippen LogP contribution in [0.3, 0.4) is 0 Å². The molecule has 0 aromatic carbocycles. The fourth-order valence-corrected chi connectivity index (χ4v) is 2.37. The maximum atomic E-state index is 11.8. The molecule has 0 atom stereocenters. The van der Waals surface area contributed by atoms with Crippen LogP contribution in [0.15, 0.2) is 9.98 Å². The number of nitrogens with zero attached hydrogens (tertiary/aromatic N) is 3. The topological polar surface area (TPSA) is 45.0 Å². The Balaban J connectivity index is 1.86. The lowest BCUT2D eigenvalue weighted by molar-refractivity contribution is -0.127. The molecule has 1 amide bonds. The fourth-order valence-electron chi connectivity index (χ4n) is 2.37. The van der Waals surface area contributed by atoms with Crippen molar-refractivity contribution in [3.63, 3.8) is 0 Å². The van der Waals surface area contributed by atoms with Crippen LogP contribution in [0.1, 0.15) is 77.6 Å². The normalized spacial score (nSPS) is 13.9. The summed E-state index contributed by atoms with van der Waals surface area (Å²) >= 11 is 0. The Labute approximate surface area is 123 Å². The van der Waals surface area contributed by atoms with Crippen LogP contribution in [-0.4, -0.2) is 30.2 Å². The summed E-state index contributed by atoms with van der Waals surface area (Å²) in [7, 11) is 0. The van der Waals surface area contributed by atoms with E-state index in [2.05, 4.69) is 16.9 Å². The summed E-state index contributed by atoms with van der Waals surface area (Å²) in [6.07, 6.45) is 16.6. The van der Waals surface area contributed by atoms with Crippen molar-refractivity contribution in [2.75, 3.05) is 6.67 Å². The molecule has 0 spiro atoms. The van der Waals surface area contributed by atoms with Crippen LogP contribution < -0.4 is 0 Å². The molecule has 0 bridgehead atoms. The van der Waals surface area contributed by atoms with E-state index in [1.807, 2.05) is 0 Å². The van der Waals surface area contributed by atoms with E-state index in [0.717, 1.165) is 12.8 Å². The van der Waals surface area contributed by atoms with E-state index in [1.165, 1.54) is 57.7 Å². The third-order valence-corrected chi connectivity index (χ3v) is 3.65. The second kappa shape index (κ2) is 11.6. The molecule has 4 nitrogen and oxygen atoms in total. The molecular formula is C16H29N3O. The van der Waals surface area contributed by atoms with Gasteiger partial charge < -0.3 is 0 Å². The standard InChI is InChI=1S/C16H29N3O/c1-2-3-4-5-6-7-8-9-10-11-12-16(20)19-14-17-13-18-15-19/h13-14H,2-12,15H2,1H3. The van der Waals surface area contributed by atoms with Gasteiger partial charge in [0.05, 0.1) is 0 Å². The molecule has 1 heterocycles. The lowest BCUT2D eigenvalue weighted by atomic mass is 10.1. The molecule has 1 aliphatic rings. The number of hydrogen-bond donors (Lipinski definition) is 0. The van der Waals surface area contributed by atoms with Crippen LogP contribution in [0.4, 0.5) is 0 Å². The van der Waals surface area contributed by atoms with E-state index in [-0.39, 0.29) is 5.91 Å². The van der Waals surface area contributed by atoms with Crippen LogP contribution in [0.25, 0.3) is 0 Å². The quantitative estimate of drug-likeness (QED) is 0.524. The molecule has 114 valence electrons. The summed E-state index contributed by atoms with van der Waals surface area (Å²) in [4.78, 5) is 21.2. The maximum Gasteiger partial charge on any atom is 0.229 e. The number of amides is 1. The molecule has 0 N–H and O–H groups in total. The van der Waals surface area contributed by atoms with Crippen LogP contribution in [0, 0.1) is 0 Å². The summed E-state index contributed by atoms with van der Waals surface area (Å²) in [5.74, 6) is 0.144. The van der Waals surface area contributed by atoms with Crippen molar-refractivity contribution in [1.82, 2.24) is 4.90 Å². The van der Waals surface area contributed by atoms with E-state index in [9.17, 15) is 4.79 Å². The molecule has 1 aliphatic heterocycles. The molecule has 0 unspecified atom stereocenters. The number of carbonyl (C=O) groups is 1. The first kappa shape index (κ1) is 16.9. The van der Waals surface area contributed by atoms with Gasteiger partial charge in [0, 0.05) is 6.42 Å². The number of unbranched alkanes of at least 4 members (excludes halogenated alkanes) is 9. The minimum absolute atomic E-state index is 0.144. The Hall–Kier alpha value is -1.19. The second-order valence-electron chi connectivity index (χ2n) is 5.50. The average Bonchev–Trinajstić information content (AvgIpc) is 2.50. The van der Waals surface area contributed by atoms with Crippen molar-refractivity contribution in [3.05, 3.63) is 0 Å². The largest absolute Gasteiger partial charge is 0.282 e. The Morgan fingerprint density at radius 1 is 1.00 bits per heavy atom. The van der Waals surface area contributed by atoms with E-state index in [4.69, 9.17) is 0 Å². The zero-order chi connectivity index (χ0) is 14.5. The predicted octanol–water partition coefficient (Wildman–Crippen LogP) is 4.15. The van der Waals surface area contributed by atoms with Crippen molar-refractivity contribution < 1.29 is 4.79 Å². The van der Waals surface area contributed by atoms with Crippen LogP contribution in [0.5, 0.6) is 0 Å². The SMILES string of the molecule is CCCCCCCCCCCCC(=O)N1C=NC=NC1. The van der Waals surface area contributed by atoms with Gasteiger partial charge in [0.15, 0.2) is 0 Å². The molecule has 0 aliphatic carbocycles. The summed E-state index contributed by atoms with van der Waals surface area (Å²) in [5.41, 5.74) is 0. The molecule has 0 aromatic rings. The highest BCUT2D eigenvalue weighted by Crippen LogP contribution is 2.11. The third-order valence-electron chi connectivity index (χ3n) is 3.65. The summed E-state index contributed by atoms with van der Waals surface area (Å²) < 4.78 is 0. The highest BCUT2D eigenvalue weighted by atomic mass is 16.2. The average molecular weight is 279 g/mol. The Morgan fingerprint density at radius 3 is 2.15 bits per heavy atom. The van der Waals surface area contributed by atoms with Gasteiger partial charge in [-0.3, -0.25) is 14.7 Å². The zero-order valence-corrected chi connectivity index (χ0v) is 12.9. The molecule has 1 rings (SSSR count). The fraction of sp³-hybridized carbons (Fsp3) is 0.812. The van der Waals surface area contributed by atoms with Gasteiger partial charge in [-0.15, -0.1) is 0 Å². The van der Waals surface area contributed by atoms with Crippen LogP contribution in [-0.2, 0) is 4.79 Å². The molecule has 0 aromatic heterocycles. The number of aliphatic imine (C=N–C) groups is 2. The van der Waals surface area contributed by atoms with E-state index in [0.29, 0.717) is 13.1 Å². The van der Waals surface area contributed by atoms with Gasteiger partial charge in [0.2, 0.25) is 5.91 Å². The lowest BCUT2D eigenvalue weighted by Crippen LogP contribution is -2.31. The Morgan fingerprint density at radius 2 is 1.60 bits per heavy atom. The van der Waals surface area contributed by atoms with Gasteiger partial charge in [-0.1, -0.05) is 64.7 Å². The second-order valence-corrected chi connectivity index (χ2v) is 5.50. The maximum absolute atomic E-state index is 11.8. The number of hydrogen-bond acceptors (Lipinski definition) is 3. The summed E-state index contributed by atoms with van der Waals surface area (Å²) in [5, 5.41) is 0. The van der Waals surface area contributed by atoms with E-state index >= 15 is 0 Å². The Kier molecular flexibility index (Phi) is 9.80. The molecule has 4 heteroatoms. The lowest BCUT2D eigenvalue weighted by Gasteiger charge is -2.16. The summed E-state index contributed by atoms with van der Waals surface area (Å²) in [6, 6.07) is 0. The summed E-state index contributed by atoms with van der Waals surface area (Å²) in [6.45, 7) is 2.68. The first-order valence-corrected chi connectivity index (χ1v) is 8.15. The van der Waals surface area contributed by atoms with Crippen molar-refractivity contribution in [2.45, 2.75) is 77.6 Å². The molecule has 0 saturated carbocycles. The van der Waals surface area contributed by atoms with E-state index < -0.39 is 0 Å². The molecule has 0 radical (unpaired) electrons. The number of carbonyl (C=O) groups excluding carboxylic acids is 1. The predicted molar refractivity (Wildman–Crippen MR) is 85.2 cm³/mol. The third kappa shape index (κ3) is 8.08.